The first-order chi connectivity index (χ1) is 8.22. The molecule has 0 N–H and O–H groups in total. The molecular weight excluding hydrogens is 216 g/mol. The number of methoxy groups -OCH3 is 1. The van der Waals surface area contributed by atoms with Crippen molar-refractivity contribution in [1.29, 1.82) is 0 Å². The summed E-state index contributed by atoms with van der Waals surface area (Å²) in [5.74, 6) is 5.45. The van der Waals surface area contributed by atoms with E-state index in [4.69, 9.17) is 0 Å². The number of ether oxygens (including phenoxy) is 1. The summed E-state index contributed by atoms with van der Waals surface area (Å²) in [7, 11) is 3.25. The number of nitrogens with zero attached hydrogens (tertiary/aromatic N) is 2. The number of hydrogen-bond donors (Lipinski definition) is 0. The molecule has 1 aromatic carbocycles. The van der Waals surface area contributed by atoms with E-state index in [2.05, 4.69) is 21.6 Å². The molecule has 0 unspecified atom stereocenters. The Bertz CT molecular complexity index is 617. The molecule has 1 aromatic heterocycles. The lowest BCUT2D eigenvalue weighted by atomic mass is 10.3. The number of aromatic nitrogens is 2. The second-order valence-electron chi connectivity index (χ2n) is 3.55. The molecule has 1 heterocycles. The van der Waals surface area contributed by atoms with Crippen LogP contribution in [-0.4, -0.2) is 22.6 Å². The van der Waals surface area contributed by atoms with Crippen LogP contribution in [0.15, 0.2) is 24.3 Å². The monoisotopic (exact) mass is 228 g/mol. The van der Waals surface area contributed by atoms with Crippen molar-refractivity contribution < 1.29 is 9.53 Å². The zero-order valence-electron chi connectivity index (χ0n) is 9.73. The fraction of sp³-hybridized carbons (Fsp3) is 0.231. The van der Waals surface area contributed by atoms with Gasteiger partial charge in [0, 0.05) is 13.0 Å². The number of carbonyl (C=O) groups is 1. The molecule has 0 spiro atoms. The van der Waals surface area contributed by atoms with E-state index in [0.29, 0.717) is 6.42 Å². The summed E-state index contributed by atoms with van der Waals surface area (Å²) >= 11 is 0. The first-order valence-electron chi connectivity index (χ1n) is 5.19. The smallest absolute Gasteiger partial charge is 0.384 e. The van der Waals surface area contributed by atoms with Crippen molar-refractivity contribution in [2.45, 2.75) is 6.42 Å². The summed E-state index contributed by atoms with van der Waals surface area (Å²) in [5.41, 5.74) is 1.99. The van der Waals surface area contributed by atoms with E-state index in [0.717, 1.165) is 16.9 Å². The van der Waals surface area contributed by atoms with Gasteiger partial charge >= 0.3 is 5.97 Å². The van der Waals surface area contributed by atoms with Crippen molar-refractivity contribution >= 4 is 17.0 Å². The largest absolute Gasteiger partial charge is 0.459 e. The first-order valence-corrected chi connectivity index (χ1v) is 5.19. The quantitative estimate of drug-likeness (QED) is 0.419. The molecule has 0 radical (unpaired) electrons. The van der Waals surface area contributed by atoms with Crippen LogP contribution in [0, 0.1) is 11.8 Å². The van der Waals surface area contributed by atoms with E-state index in [9.17, 15) is 4.79 Å². The molecule has 2 rings (SSSR count). The maximum absolute atomic E-state index is 10.8. The van der Waals surface area contributed by atoms with Gasteiger partial charge in [-0.2, -0.15) is 0 Å². The Morgan fingerprint density at radius 2 is 2.24 bits per heavy atom. The van der Waals surface area contributed by atoms with E-state index in [1.165, 1.54) is 7.11 Å². The predicted molar refractivity (Wildman–Crippen MR) is 64.2 cm³/mol. The molecule has 0 amide bonds. The Kier molecular flexibility index (Phi) is 3.10. The zero-order chi connectivity index (χ0) is 12.3. The maximum atomic E-state index is 10.8. The van der Waals surface area contributed by atoms with Gasteiger partial charge in [-0.05, 0) is 12.1 Å². The molecular formula is C13H12N2O2. The van der Waals surface area contributed by atoms with Gasteiger partial charge < -0.3 is 9.30 Å². The van der Waals surface area contributed by atoms with Crippen LogP contribution < -0.4 is 0 Å². The van der Waals surface area contributed by atoms with Crippen LogP contribution in [0.3, 0.4) is 0 Å². The van der Waals surface area contributed by atoms with Gasteiger partial charge in [-0.1, -0.05) is 18.1 Å². The molecule has 0 aliphatic rings. The number of rotatable bonds is 1. The summed E-state index contributed by atoms with van der Waals surface area (Å²) in [4.78, 5) is 15.3. The highest BCUT2D eigenvalue weighted by molar-refractivity contribution is 5.88. The van der Waals surface area contributed by atoms with Crippen molar-refractivity contribution in [2.24, 2.45) is 7.05 Å². The average Bonchev–Trinajstić information content (AvgIpc) is 2.67. The van der Waals surface area contributed by atoms with Crippen molar-refractivity contribution in [3.8, 4) is 11.8 Å². The Labute approximate surface area is 99.2 Å². The molecule has 4 nitrogen and oxygen atoms in total. The van der Waals surface area contributed by atoms with Gasteiger partial charge in [-0.3, -0.25) is 0 Å². The van der Waals surface area contributed by atoms with Crippen LogP contribution in [0.1, 0.15) is 5.82 Å². The average molecular weight is 228 g/mol. The Hall–Kier alpha value is -2.28. The van der Waals surface area contributed by atoms with Gasteiger partial charge in [-0.25, -0.2) is 9.78 Å². The van der Waals surface area contributed by atoms with Crippen LogP contribution in [0.5, 0.6) is 0 Å². The highest BCUT2D eigenvalue weighted by Crippen LogP contribution is 2.13. The number of aryl methyl sites for hydroxylation is 1. The summed E-state index contributed by atoms with van der Waals surface area (Å²) in [6, 6.07) is 7.86. The number of benzene rings is 1. The minimum Gasteiger partial charge on any atom is -0.459 e. The highest BCUT2D eigenvalue weighted by atomic mass is 16.5. The van der Waals surface area contributed by atoms with Gasteiger partial charge in [0.25, 0.3) is 0 Å². The fourth-order valence-electron chi connectivity index (χ4n) is 1.60. The van der Waals surface area contributed by atoms with Crippen LogP contribution in [0.2, 0.25) is 0 Å². The fourth-order valence-corrected chi connectivity index (χ4v) is 1.60. The van der Waals surface area contributed by atoms with Gasteiger partial charge in [0.1, 0.15) is 5.82 Å². The maximum Gasteiger partial charge on any atom is 0.384 e. The number of para-hydroxylation sites is 2. The van der Waals surface area contributed by atoms with Crippen molar-refractivity contribution in [3.05, 3.63) is 30.1 Å². The third-order valence-electron chi connectivity index (χ3n) is 2.50. The summed E-state index contributed by atoms with van der Waals surface area (Å²) in [6.07, 6.45) is 0.431. The number of carbonyl (C=O) groups excluding carboxylic acids is 1. The normalized spacial score (nSPS) is 9.76. The molecule has 4 heteroatoms. The number of fused-ring (bicyclic) bond motifs is 1. The van der Waals surface area contributed by atoms with E-state index in [1.54, 1.807) is 0 Å². The third-order valence-corrected chi connectivity index (χ3v) is 2.50. The second-order valence-corrected chi connectivity index (χ2v) is 3.55. The second kappa shape index (κ2) is 4.71. The molecule has 0 saturated heterocycles. The van der Waals surface area contributed by atoms with Crippen molar-refractivity contribution in [1.82, 2.24) is 9.55 Å². The van der Waals surface area contributed by atoms with E-state index < -0.39 is 5.97 Å². The molecule has 0 bridgehead atoms. The Balaban J connectivity index is 2.27. The minimum atomic E-state index is -0.524. The van der Waals surface area contributed by atoms with Crippen LogP contribution in [-0.2, 0) is 23.0 Å². The molecule has 0 saturated carbocycles. The minimum absolute atomic E-state index is 0.431. The summed E-state index contributed by atoms with van der Waals surface area (Å²) < 4.78 is 6.41. The van der Waals surface area contributed by atoms with Gasteiger partial charge in [-0.15, -0.1) is 0 Å². The standard InChI is InChI=1S/C13H12N2O2/c1-15-11-7-4-3-6-10(11)14-12(15)8-5-9-13(16)17-2/h3-4,6-7H,8H2,1-2H3. The SMILES string of the molecule is COC(=O)C#CCc1nc2ccccc2n1C. The third kappa shape index (κ3) is 2.28. The molecule has 2 aromatic rings. The molecule has 0 aliphatic carbocycles. The van der Waals surface area contributed by atoms with E-state index in [-0.39, 0.29) is 0 Å². The van der Waals surface area contributed by atoms with E-state index >= 15 is 0 Å². The molecule has 0 atom stereocenters. The first kappa shape index (κ1) is 11.2. The molecule has 86 valence electrons. The van der Waals surface area contributed by atoms with Gasteiger partial charge in [0.15, 0.2) is 0 Å². The number of hydrogen-bond acceptors (Lipinski definition) is 3. The number of esters is 1. The zero-order valence-corrected chi connectivity index (χ0v) is 9.73. The van der Waals surface area contributed by atoms with Crippen LogP contribution in [0.4, 0.5) is 0 Å². The number of imidazole rings is 1. The van der Waals surface area contributed by atoms with Gasteiger partial charge in [0.05, 0.1) is 24.6 Å². The van der Waals surface area contributed by atoms with Crippen LogP contribution >= 0.6 is 0 Å². The molecule has 0 aliphatic heterocycles. The topological polar surface area (TPSA) is 44.1 Å². The lowest BCUT2D eigenvalue weighted by Crippen LogP contribution is -1.98. The van der Waals surface area contributed by atoms with Crippen molar-refractivity contribution in [2.75, 3.05) is 7.11 Å². The van der Waals surface area contributed by atoms with E-state index in [1.807, 2.05) is 35.9 Å². The molecule has 0 fully saturated rings. The van der Waals surface area contributed by atoms with Gasteiger partial charge in [0.2, 0.25) is 0 Å². The summed E-state index contributed by atoms with van der Waals surface area (Å²) in [5, 5.41) is 0. The molecule has 17 heavy (non-hydrogen) atoms. The predicted octanol–water partition coefficient (Wildman–Crippen LogP) is 1.29. The Morgan fingerprint density at radius 1 is 1.47 bits per heavy atom. The lowest BCUT2D eigenvalue weighted by molar-refractivity contribution is -0.133. The summed E-state index contributed by atoms with van der Waals surface area (Å²) in [6.45, 7) is 0. The van der Waals surface area contributed by atoms with Crippen molar-refractivity contribution in [3.63, 3.8) is 0 Å². The Morgan fingerprint density at radius 3 is 2.94 bits per heavy atom. The highest BCUT2D eigenvalue weighted by Gasteiger charge is 2.04. The van der Waals surface area contributed by atoms with Crippen LogP contribution in [0.25, 0.3) is 11.0 Å². The lowest BCUT2D eigenvalue weighted by Gasteiger charge is -1.96.